The lowest BCUT2D eigenvalue weighted by Gasteiger charge is -2.33. The van der Waals surface area contributed by atoms with Crippen LogP contribution in [0.4, 0.5) is 0 Å². The lowest BCUT2D eigenvalue weighted by molar-refractivity contribution is -0.131. The van der Waals surface area contributed by atoms with Gasteiger partial charge in [-0.15, -0.1) is 0 Å². The zero-order valence-electron chi connectivity index (χ0n) is 15.4. The summed E-state index contributed by atoms with van der Waals surface area (Å²) >= 11 is 1.54. The van der Waals surface area contributed by atoms with Crippen LogP contribution in [0.15, 0.2) is 59.5 Å². The van der Waals surface area contributed by atoms with Gasteiger partial charge >= 0.3 is 0 Å². The van der Waals surface area contributed by atoms with Crippen LogP contribution in [-0.2, 0) is 4.79 Å². The number of nitrogens with one attached hydrogen (secondary N) is 2. The van der Waals surface area contributed by atoms with Gasteiger partial charge in [0, 0.05) is 41.4 Å². The maximum Gasteiger partial charge on any atom is 0.264 e. The number of benzene rings is 1. The first-order chi connectivity index (χ1) is 13.2. The van der Waals surface area contributed by atoms with E-state index in [0.29, 0.717) is 5.75 Å². The van der Waals surface area contributed by atoms with Crippen molar-refractivity contribution in [2.45, 2.75) is 43.6 Å². The Kier molecular flexibility index (Phi) is 5.13. The molecule has 1 aromatic heterocycles. The standard InChI is InChI=1S/C20H23N5OS/c1-3-16-18(14-7-5-4-6-8-14)19-23-15(11-17(26)25(19)24-16)12-27-20-21-10-9-13(2)22-20/h4-11,16,18-19,23-24H,3,12H2,1-2H3. The lowest BCUT2D eigenvalue weighted by atomic mass is 9.88. The maximum absolute atomic E-state index is 12.7. The molecule has 0 radical (unpaired) electrons. The summed E-state index contributed by atoms with van der Waals surface area (Å²) < 4.78 is 0. The second-order valence-corrected chi connectivity index (χ2v) is 7.76. The summed E-state index contributed by atoms with van der Waals surface area (Å²) in [5.74, 6) is 0.832. The molecule has 1 fully saturated rings. The largest absolute Gasteiger partial charge is 0.366 e. The van der Waals surface area contributed by atoms with Gasteiger partial charge < -0.3 is 5.32 Å². The molecule has 2 N–H and O–H groups in total. The molecule has 2 aromatic rings. The highest BCUT2D eigenvalue weighted by molar-refractivity contribution is 7.99. The zero-order valence-corrected chi connectivity index (χ0v) is 16.2. The average Bonchev–Trinajstić information content (AvgIpc) is 3.06. The Morgan fingerprint density at radius 1 is 1.22 bits per heavy atom. The molecule has 0 spiro atoms. The predicted molar refractivity (Wildman–Crippen MR) is 106 cm³/mol. The number of rotatable bonds is 5. The van der Waals surface area contributed by atoms with Crippen molar-refractivity contribution in [3.05, 3.63) is 65.6 Å². The van der Waals surface area contributed by atoms with E-state index in [0.717, 1.165) is 23.0 Å². The molecule has 2 aliphatic heterocycles. The van der Waals surface area contributed by atoms with Crippen LogP contribution in [0.25, 0.3) is 0 Å². The number of hydrazine groups is 1. The number of thioether (sulfide) groups is 1. The highest BCUT2D eigenvalue weighted by atomic mass is 32.2. The third-order valence-electron chi connectivity index (χ3n) is 4.98. The first-order valence-corrected chi connectivity index (χ1v) is 10.2. The van der Waals surface area contributed by atoms with Gasteiger partial charge in [0.15, 0.2) is 5.16 Å². The minimum Gasteiger partial charge on any atom is -0.366 e. The number of carbonyl (C=O) groups is 1. The quantitative estimate of drug-likeness (QED) is 0.613. The third-order valence-corrected chi connectivity index (χ3v) is 5.89. The van der Waals surface area contributed by atoms with E-state index in [9.17, 15) is 4.79 Å². The minimum absolute atomic E-state index is 0.00334. The van der Waals surface area contributed by atoms with Crippen LogP contribution in [-0.4, -0.2) is 38.8 Å². The van der Waals surface area contributed by atoms with Crippen molar-refractivity contribution in [3.8, 4) is 0 Å². The van der Waals surface area contributed by atoms with Gasteiger partial charge in [0.25, 0.3) is 5.91 Å². The van der Waals surface area contributed by atoms with E-state index < -0.39 is 0 Å². The summed E-state index contributed by atoms with van der Waals surface area (Å²) in [5.41, 5.74) is 6.48. The van der Waals surface area contributed by atoms with Gasteiger partial charge in [0.1, 0.15) is 6.17 Å². The first-order valence-electron chi connectivity index (χ1n) is 9.19. The second-order valence-electron chi connectivity index (χ2n) is 6.82. The fourth-order valence-corrected chi connectivity index (χ4v) is 4.48. The fraction of sp³-hybridized carbons (Fsp3) is 0.350. The summed E-state index contributed by atoms with van der Waals surface area (Å²) in [6.07, 6.45) is 4.29. The summed E-state index contributed by atoms with van der Waals surface area (Å²) in [6, 6.07) is 12.5. The molecule has 0 aliphatic carbocycles. The molecule has 1 aromatic carbocycles. The smallest absolute Gasteiger partial charge is 0.264 e. The van der Waals surface area contributed by atoms with Gasteiger partial charge in [-0.2, -0.15) is 0 Å². The molecule has 27 heavy (non-hydrogen) atoms. The van der Waals surface area contributed by atoms with Gasteiger partial charge in [0.2, 0.25) is 0 Å². The van der Waals surface area contributed by atoms with E-state index >= 15 is 0 Å². The Morgan fingerprint density at radius 2 is 2.04 bits per heavy atom. The van der Waals surface area contributed by atoms with Crippen LogP contribution in [0.1, 0.15) is 30.5 Å². The van der Waals surface area contributed by atoms with Gasteiger partial charge in [0.05, 0.1) is 0 Å². The summed E-state index contributed by atoms with van der Waals surface area (Å²) in [5, 5.41) is 6.04. The number of aromatic nitrogens is 2. The second kappa shape index (κ2) is 7.70. The SMILES string of the molecule is CCC1NN2C(=O)C=C(CSc3nccc(C)n3)NC2C1c1ccccc1. The summed E-state index contributed by atoms with van der Waals surface area (Å²) in [7, 11) is 0. The highest BCUT2D eigenvalue weighted by Crippen LogP contribution is 2.35. The highest BCUT2D eigenvalue weighted by Gasteiger charge is 2.45. The molecule has 7 heteroatoms. The Bertz CT molecular complexity index is 856. The van der Waals surface area contributed by atoms with E-state index in [2.05, 4.69) is 51.9 Å². The van der Waals surface area contributed by atoms with E-state index in [1.165, 1.54) is 17.3 Å². The lowest BCUT2D eigenvalue weighted by Crippen LogP contribution is -2.53. The van der Waals surface area contributed by atoms with Crippen molar-refractivity contribution in [1.29, 1.82) is 0 Å². The van der Waals surface area contributed by atoms with Crippen LogP contribution in [0.5, 0.6) is 0 Å². The molecule has 1 saturated heterocycles. The number of aryl methyl sites for hydroxylation is 1. The predicted octanol–water partition coefficient (Wildman–Crippen LogP) is 2.60. The van der Waals surface area contributed by atoms with Crippen molar-refractivity contribution in [3.63, 3.8) is 0 Å². The first kappa shape index (κ1) is 18.0. The van der Waals surface area contributed by atoms with Crippen molar-refractivity contribution >= 4 is 17.7 Å². The van der Waals surface area contributed by atoms with Crippen LogP contribution in [0, 0.1) is 6.92 Å². The molecule has 0 bridgehead atoms. The Hall–Kier alpha value is -2.38. The van der Waals surface area contributed by atoms with Gasteiger partial charge in [-0.3, -0.25) is 9.80 Å². The minimum atomic E-state index is -0.0936. The van der Waals surface area contributed by atoms with Gasteiger partial charge in [-0.25, -0.2) is 15.4 Å². The average molecular weight is 382 g/mol. The van der Waals surface area contributed by atoms with Crippen molar-refractivity contribution in [2.75, 3.05) is 5.75 Å². The molecular formula is C20H23N5OS. The van der Waals surface area contributed by atoms with E-state index in [4.69, 9.17) is 0 Å². The number of nitrogens with zero attached hydrogens (tertiary/aromatic N) is 3. The van der Waals surface area contributed by atoms with Crippen LogP contribution in [0.3, 0.4) is 0 Å². The topological polar surface area (TPSA) is 70.2 Å². The maximum atomic E-state index is 12.7. The monoisotopic (exact) mass is 381 g/mol. The summed E-state index contributed by atoms with van der Waals surface area (Å²) in [6.45, 7) is 4.10. The van der Waals surface area contributed by atoms with E-state index in [1.807, 2.05) is 19.1 Å². The number of amides is 1. The van der Waals surface area contributed by atoms with Crippen molar-refractivity contribution < 1.29 is 4.79 Å². The molecule has 3 heterocycles. The Balaban J connectivity index is 1.53. The molecule has 0 saturated carbocycles. The van der Waals surface area contributed by atoms with Crippen LogP contribution in [0.2, 0.25) is 0 Å². The molecule has 1 amide bonds. The Morgan fingerprint density at radius 3 is 2.78 bits per heavy atom. The number of hydrogen-bond acceptors (Lipinski definition) is 6. The van der Waals surface area contributed by atoms with Gasteiger partial charge in [-0.1, -0.05) is 49.0 Å². The molecule has 3 unspecified atom stereocenters. The molecule has 3 atom stereocenters. The zero-order chi connectivity index (χ0) is 18.8. The summed E-state index contributed by atoms with van der Waals surface area (Å²) in [4.78, 5) is 21.4. The normalized spacial score (nSPS) is 24.4. The fourth-order valence-electron chi connectivity index (χ4n) is 3.68. The van der Waals surface area contributed by atoms with Crippen LogP contribution >= 0.6 is 11.8 Å². The molecule has 6 nitrogen and oxygen atoms in total. The van der Waals surface area contributed by atoms with Crippen molar-refractivity contribution in [1.82, 2.24) is 25.7 Å². The van der Waals surface area contributed by atoms with Gasteiger partial charge in [-0.05, 0) is 25.0 Å². The van der Waals surface area contributed by atoms with Crippen molar-refractivity contribution in [2.24, 2.45) is 0 Å². The molecular weight excluding hydrogens is 358 g/mol. The molecule has 140 valence electrons. The molecule has 2 aliphatic rings. The van der Waals surface area contributed by atoms with E-state index in [-0.39, 0.29) is 24.0 Å². The third kappa shape index (κ3) is 3.70. The number of carbonyl (C=O) groups excluding carboxylic acids is 1. The number of fused-ring (bicyclic) bond motifs is 1. The van der Waals surface area contributed by atoms with E-state index in [1.54, 1.807) is 17.3 Å². The van der Waals surface area contributed by atoms with Crippen LogP contribution < -0.4 is 10.7 Å². The Labute approximate surface area is 163 Å². The number of hydrogen-bond donors (Lipinski definition) is 2. The molecule has 4 rings (SSSR count).